The van der Waals surface area contributed by atoms with Crippen molar-refractivity contribution in [2.24, 2.45) is 7.05 Å². The molecule has 7 nitrogen and oxygen atoms in total. The van der Waals surface area contributed by atoms with Crippen molar-refractivity contribution >= 4 is 23.1 Å². The lowest BCUT2D eigenvalue weighted by atomic mass is 10.1. The molecule has 186 valence electrons. The zero-order valence-electron chi connectivity index (χ0n) is 19.4. The Balaban J connectivity index is 1.64. The predicted octanol–water partition coefficient (Wildman–Crippen LogP) is 4.53. The minimum atomic E-state index is -4.52. The molecule has 35 heavy (non-hydrogen) atoms. The Bertz CT molecular complexity index is 1270. The lowest BCUT2D eigenvalue weighted by molar-refractivity contribution is -0.137. The van der Waals surface area contributed by atoms with Crippen LogP contribution in [0.2, 0.25) is 5.02 Å². The second-order valence-corrected chi connectivity index (χ2v) is 8.70. The summed E-state index contributed by atoms with van der Waals surface area (Å²) in [6, 6.07) is 8.46. The molecule has 11 heteroatoms. The van der Waals surface area contributed by atoms with Crippen molar-refractivity contribution < 1.29 is 17.9 Å². The number of pyridine rings is 1. The van der Waals surface area contributed by atoms with Crippen molar-refractivity contribution in [3.63, 3.8) is 0 Å². The summed E-state index contributed by atoms with van der Waals surface area (Å²) in [5.41, 5.74) is -0.285. The SMILES string of the molecule is CCO[C@H]1CN(c2ccccn2)CC1Nc1c(C)nc(-c2ccc(C(F)(F)F)cc2Cl)n(C)c1=O. The summed E-state index contributed by atoms with van der Waals surface area (Å²) in [7, 11) is 1.51. The first-order valence-electron chi connectivity index (χ1n) is 11.1. The van der Waals surface area contributed by atoms with Gasteiger partial charge in [0.1, 0.15) is 17.3 Å². The van der Waals surface area contributed by atoms with Gasteiger partial charge in [0.15, 0.2) is 0 Å². The highest BCUT2D eigenvalue weighted by Crippen LogP contribution is 2.35. The third kappa shape index (κ3) is 5.13. The van der Waals surface area contributed by atoms with E-state index in [1.54, 1.807) is 13.1 Å². The number of rotatable bonds is 6. The Hall–Kier alpha value is -3.11. The monoisotopic (exact) mass is 507 g/mol. The van der Waals surface area contributed by atoms with Crippen LogP contribution in [-0.4, -0.2) is 46.4 Å². The molecule has 1 unspecified atom stereocenters. The molecule has 1 fully saturated rings. The molecular weight excluding hydrogens is 483 g/mol. The van der Waals surface area contributed by atoms with Crippen LogP contribution in [0.15, 0.2) is 47.4 Å². The smallest absolute Gasteiger partial charge is 0.374 e. The largest absolute Gasteiger partial charge is 0.416 e. The van der Waals surface area contributed by atoms with Gasteiger partial charge < -0.3 is 15.0 Å². The fraction of sp³-hybridized carbons (Fsp3) is 0.375. The summed E-state index contributed by atoms with van der Waals surface area (Å²) in [4.78, 5) is 24.3. The van der Waals surface area contributed by atoms with Gasteiger partial charge in [-0.25, -0.2) is 9.97 Å². The molecule has 0 radical (unpaired) electrons. The quantitative estimate of drug-likeness (QED) is 0.528. The van der Waals surface area contributed by atoms with E-state index in [2.05, 4.69) is 20.2 Å². The van der Waals surface area contributed by atoms with Crippen LogP contribution in [0.3, 0.4) is 0 Å². The Morgan fingerprint density at radius 1 is 1.23 bits per heavy atom. The minimum Gasteiger partial charge on any atom is -0.374 e. The van der Waals surface area contributed by atoms with Gasteiger partial charge in [-0.1, -0.05) is 17.7 Å². The highest BCUT2D eigenvalue weighted by molar-refractivity contribution is 6.33. The van der Waals surface area contributed by atoms with E-state index in [-0.39, 0.29) is 34.1 Å². The average molecular weight is 508 g/mol. The fourth-order valence-corrected chi connectivity index (χ4v) is 4.46. The van der Waals surface area contributed by atoms with E-state index in [0.717, 1.165) is 18.0 Å². The Morgan fingerprint density at radius 3 is 2.63 bits per heavy atom. The number of hydrogen-bond donors (Lipinski definition) is 1. The van der Waals surface area contributed by atoms with Crippen LogP contribution in [0.1, 0.15) is 18.2 Å². The first kappa shape index (κ1) is 25.0. The first-order chi connectivity index (χ1) is 16.6. The summed E-state index contributed by atoms with van der Waals surface area (Å²) in [5.74, 6) is 0.996. The van der Waals surface area contributed by atoms with E-state index < -0.39 is 11.7 Å². The van der Waals surface area contributed by atoms with Crippen LogP contribution in [-0.2, 0) is 18.0 Å². The second kappa shape index (κ2) is 9.87. The van der Waals surface area contributed by atoms with E-state index in [4.69, 9.17) is 16.3 Å². The molecule has 1 N–H and O–H groups in total. The molecule has 3 heterocycles. The van der Waals surface area contributed by atoms with E-state index >= 15 is 0 Å². The van der Waals surface area contributed by atoms with Gasteiger partial charge in [0.05, 0.1) is 28.4 Å². The van der Waals surface area contributed by atoms with E-state index in [1.807, 2.05) is 25.1 Å². The van der Waals surface area contributed by atoms with Gasteiger partial charge >= 0.3 is 6.18 Å². The molecule has 1 saturated heterocycles. The molecule has 1 aliphatic heterocycles. The Morgan fingerprint density at radius 2 is 2.00 bits per heavy atom. The standard InChI is InChI=1S/C24H25ClF3N5O2/c1-4-35-19-13-33(20-7-5-6-10-29-20)12-18(19)31-21-14(2)30-22(32(3)23(21)34)16-9-8-15(11-17(16)25)24(26,27)28/h5-11,18-19,31H,4,12-13H2,1-3H3/t18?,19-/m0/s1. The summed E-state index contributed by atoms with van der Waals surface area (Å²) in [6.07, 6.45) is -2.98. The number of aryl methyl sites for hydroxylation is 1. The van der Waals surface area contributed by atoms with Crippen molar-refractivity contribution in [2.75, 3.05) is 29.9 Å². The van der Waals surface area contributed by atoms with Crippen LogP contribution in [0.4, 0.5) is 24.7 Å². The third-order valence-electron chi connectivity index (χ3n) is 5.96. The average Bonchev–Trinajstić information content (AvgIpc) is 3.22. The van der Waals surface area contributed by atoms with Gasteiger partial charge in [-0.05, 0) is 44.2 Å². The summed E-state index contributed by atoms with van der Waals surface area (Å²) < 4.78 is 46.3. The van der Waals surface area contributed by atoms with Crippen molar-refractivity contribution in [1.29, 1.82) is 0 Å². The van der Waals surface area contributed by atoms with Crippen molar-refractivity contribution in [3.05, 3.63) is 69.2 Å². The molecule has 3 aromatic rings. The number of nitrogens with one attached hydrogen (secondary N) is 1. The molecule has 2 atom stereocenters. The van der Waals surface area contributed by atoms with Gasteiger partial charge in [-0.15, -0.1) is 0 Å². The van der Waals surface area contributed by atoms with Crippen LogP contribution in [0.5, 0.6) is 0 Å². The van der Waals surface area contributed by atoms with E-state index in [1.165, 1.54) is 17.7 Å². The second-order valence-electron chi connectivity index (χ2n) is 8.29. The molecule has 0 bridgehead atoms. The molecule has 2 aromatic heterocycles. The van der Waals surface area contributed by atoms with Gasteiger partial charge in [0.2, 0.25) is 0 Å². The number of alkyl halides is 3. The maximum atomic E-state index is 13.3. The zero-order valence-corrected chi connectivity index (χ0v) is 20.2. The topological polar surface area (TPSA) is 72.3 Å². The highest BCUT2D eigenvalue weighted by atomic mass is 35.5. The van der Waals surface area contributed by atoms with Crippen molar-refractivity contribution in [2.45, 2.75) is 32.2 Å². The van der Waals surface area contributed by atoms with Crippen LogP contribution in [0.25, 0.3) is 11.4 Å². The maximum Gasteiger partial charge on any atom is 0.416 e. The molecule has 1 aliphatic rings. The van der Waals surface area contributed by atoms with Crippen molar-refractivity contribution in [1.82, 2.24) is 14.5 Å². The van der Waals surface area contributed by atoms with Gasteiger partial charge in [0, 0.05) is 38.5 Å². The summed E-state index contributed by atoms with van der Waals surface area (Å²) >= 11 is 6.15. The van der Waals surface area contributed by atoms with Crippen molar-refractivity contribution in [3.8, 4) is 11.4 Å². The van der Waals surface area contributed by atoms with Gasteiger partial charge in [-0.2, -0.15) is 13.2 Å². The molecule has 0 saturated carbocycles. The lowest BCUT2D eigenvalue weighted by Crippen LogP contribution is -2.38. The first-order valence-corrected chi connectivity index (χ1v) is 11.5. The molecule has 0 spiro atoms. The van der Waals surface area contributed by atoms with Gasteiger partial charge in [-0.3, -0.25) is 9.36 Å². The van der Waals surface area contributed by atoms with Crippen LogP contribution in [0, 0.1) is 6.92 Å². The Labute approximate surface area is 205 Å². The predicted molar refractivity (Wildman–Crippen MR) is 129 cm³/mol. The third-order valence-corrected chi connectivity index (χ3v) is 6.27. The number of halogens is 4. The molecule has 1 aromatic carbocycles. The van der Waals surface area contributed by atoms with E-state index in [9.17, 15) is 18.0 Å². The number of nitrogens with zero attached hydrogens (tertiary/aromatic N) is 4. The number of benzene rings is 1. The minimum absolute atomic E-state index is 0.138. The van der Waals surface area contributed by atoms with Crippen LogP contribution >= 0.6 is 11.6 Å². The maximum absolute atomic E-state index is 13.3. The number of aromatic nitrogens is 3. The van der Waals surface area contributed by atoms with Gasteiger partial charge in [0.25, 0.3) is 5.56 Å². The van der Waals surface area contributed by atoms with Crippen LogP contribution < -0.4 is 15.8 Å². The number of anilines is 2. The number of ether oxygens (including phenoxy) is 1. The Kier molecular flexibility index (Phi) is 7.05. The fourth-order valence-electron chi connectivity index (χ4n) is 4.20. The number of hydrogen-bond acceptors (Lipinski definition) is 6. The molecular formula is C24H25ClF3N5O2. The molecule has 0 amide bonds. The summed E-state index contributed by atoms with van der Waals surface area (Å²) in [6.45, 7) is 5.27. The molecule has 4 rings (SSSR count). The lowest BCUT2D eigenvalue weighted by Gasteiger charge is -2.22. The normalized spacial score (nSPS) is 18.2. The molecule has 0 aliphatic carbocycles. The summed E-state index contributed by atoms with van der Waals surface area (Å²) in [5, 5.41) is 3.16. The van der Waals surface area contributed by atoms with E-state index in [0.29, 0.717) is 31.1 Å². The highest BCUT2D eigenvalue weighted by Gasteiger charge is 2.35. The zero-order chi connectivity index (χ0) is 25.3.